The third-order valence-corrected chi connectivity index (χ3v) is 3.60. The Hall–Kier alpha value is -2.95. The van der Waals surface area contributed by atoms with Gasteiger partial charge in [0.2, 0.25) is 0 Å². The minimum absolute atomic E-state index is 0.143. The van der Waals surface area contributed by atoms with Crippen molar-refractivity contribution < 1.29 is 13.9 Å². The predicted molar refractivity (Wildman–Crippen MR) is 84.8 cm³/mol. The molecule has 116 valence electrons. The Morgan fingerprint density at radius 3 is 2.65 bits per heavy atom. The molecule has 0 spiro atoms. The molecule has 3 aromatic rings. The van der Waals surface area contributed by atoms with Crippen LogP contribution >= 0.6 is 0 Å². The topological polar surface area (TPSA) is 59.2 Å². The third kappa shape index (κ3) is 3.13. The lowest BCUT2D eigenvalue weighted by molar-refractivity contribution is 0.0471. The number of para-hydroxylation sites is 1. The average Bonchev–Trinajstić information content (AvgIpc) is 2.54. The summed E-state index contributed by atoms with van der Waals surface area (Å²) in [5.74, 6) is -1.03. The normalized spacial score (nSPS) is 10.7. The van der Waals surface area contributed by atoms with Gasteiger partial charge in [0.05, 0.1) is 16.6 Å². The number of rotatable bonds is 3. The smallest absolute Gasteiger partial charge is 0.338 e. The fraction of sp³-hybridized carbons (Fsp3) is 0.111. The second-order valence-corrected chi connectivity index (χ2v) is 5.25. The highest BCUT2D eigenvalue weighted by Gasteiger charge is 2.10. The number of ether oxygens (including phenoxy) is 1. The molecule has 0 saturated heterocycles. The number of aryl methyl sites for hydroxylation is 1. The first-order valence-electron chi connectivity index (χ1n) is 7.09. The molecule has 1 heterocycles. The summed E-state index contributed by atoms with van der Waals surface area (Å²) in [6, 6.07) is 12.4. The van der Waals surface area contributed by atoms with Crippen molar-refractivity contribution in [2.24, 2.45) is 0 Å². The van der Waals surface area contributed by atoms with Crippen LogP contribution in [0.3, 0.4) is 0 Å². The number of aromatic amines is 1. The fourth-order valence-corrected chi connectivity index (χ4v) is 2.35. The average molecular weight is 311 g/mol. The summed E-state index contributed by atoms with van der Waals surface area (Å²) in [6.45, 7) is 1.77. The number of aromatic nitrogens is 1. The van der Waals surface area contributed by atoms with Gasteiger partial charge < -0.3 is 9.72 Å². The molecule has 0 atom stereocenters. The van der Waals surface area contributed by atoms with Crippen LogP contribution in [0.5, 0.6) is 0 Å². The minimum Gasteiger partial charge on any atom is -0.457 e. The van der Waals surface area contributed by atoms with E-state index < -0.39 is 11.8 Å². The highest BCUT2D eigenvalue weighted by Crippen LogP contribution is 2.15. The number of nitrogens with one attached hydrogen (secondary N) is 1. The van der Waals surface area contributed by atoms with Crippen molar-refractivity contribution in [2.75, 3.05) is 0 Å². The third-order valence-electron chi connectivity index (χ3n) is 3.60. The molecule has 2 aromatic carbocycles. The highest BCUT2D eigenvalue weighted by atomic mass is 19.1. The largest absolute Gasteiger partial charge is 0.457 e. The van der Waals surface area contributed by atoms with E-state index in [1.54, 1.807) is 6.07 Å². The number of carbonyl (C=O) groups is 1. The van der Waals surface area contributed by atoms with Crippen LogP contribution < -0.4 is 5.56 Å². The van der Waals surface area contributed by atoms with Crippen molar-refractivity contribution >= 4 is 16.9 Å². The van der Waals surface area contributed by atoms with Gasteiger partial charge in [-0.05, 0) is 48.2 Å². The van der Waals surface area contributed by atoms with Crippen LogP contribution in [0.25, 0.3) is 10.9 Å². The van der Waals surface area contributed by atoms with Crippen molar-refractivity contribution in [1.29, 1.82) is 0 Å². The van der Waals surface area contributed by atoms with Gasteiger partial charge in [0.15, 0.2) is 0 Å². The van der Waals surface area contributed by atoms with Crippen molar-refractivity contribution in [3.8, 4) is 0 Å². The maximum atomic E-state index is 12.8. The molecule has 3 rings (SSSR count). The lowest BCUT2D eigenvalue weighted by atomic mass is 10.1. The minimum atomic E-state index is -0.603. The van der Waals surface area contributed by atoms with E-state index in [1.807, 2.05) is 25.1 Å². The molecule has 0 amide bonds. The van der Waals surface area contributed by atoms with E-state index >= 15 is 0 Å². The van der Waals surface area contributed by atoms with Gasteiger partial charge in [-0.2, -0.15) is 0 Å². The molecule has 0 bridgehead atoms. The molecule has 4 nitrogen and oxygen atoms in total. The molecule has 1 N–H and O–H groups in total. The molecule has 0 aliphatic rings. The van der Waals surface area contributed by atoms with Crippen LogP contribution in [0.2, 0.25) is 0 Å². The summed E-state index contributed by atoms with van der Waals surface area (Å²) in [5.41, 5.74) is 2.04. The summed E-state index contributed by atoms with van der Waals surface area (Å²) in [4.78, 5) is 26.8. The Morgan fingerprint density at radius 1 is 1.17 bits per heavy atom. The van der Waals surface area contributed by atoms with Gasteiger partial charge in [-0.15, -0.1) is 0 Å². The molecule has 1 aromatic heterocycles. The monoisotopic (exact) mass is 311 g/mol. The van der Waals surface area contributed by atoms with Crippen LogP contribution in [0, 0.1) is 12.7 Å². The predicted octanol–water partition coefficient (Wildman–Crippen LogP) is 3.33. The summed E-state index contributed by atoms with van der Waals surface area (Å²) in [6.07, 6.45) is 0. The molecular weight excluding hydrogens is 297 g/mol. The number of pyridine rings is 1. The number of fused-ring (bicyclic) bond motifs is 1. The molecule has 0 fully saturated rings. The lowest BCUT2D eigenvalue weighted by Gasteiger charge is -2.07. The van der Waals surface area contributed by atoms with Crippen molar-refractivity contribution in [3.05, 3.63) is 81.4 Å². The lowest BCUT2D eigenvalue weighted by Crippen LogP contribution is -2.16. The maximum Gasteiger partial charge on any atom is 0.338 e. The number of hydrogen-bond acceptors (Lipinski definition) is 3. The SMILES string of the molecule is Cc1cccc2cc(COC(=O)c3ccc(F)cc3)c(=O)[nH]c12. The van der Waals surface area contributed by atoms with Gasteiger partial charge in [0.1, 0.15) is 12.4 Å². The molecule has 0 radical (unpaired) electrons. The van der Waals surface area contributed by atoms with Crippen molar-refractivity contribution in [3.63, 3.8) is 0 Å². The number of carbonyl (C=O) groups excluding carboxylic acids is 1. The zero-order chi connectivity index (χ0) is 16.4. The zero-order valence-corrected chi connectivity index (χ0v) is 12.4. The number of hydrogen-bond donors (Lipinski definition) is 1. The number of halogens is 1. The quantitative estimate of drug-likeness (QED) is 0.755. The van der Waals surface area contributed by atoms with Crippen LogP contribution in [0.15, 0.2) is 53.3 Å². The zero-order valence-electron chi connectivity index (χ0n) is 12.4. The van der Waals surface area contributed by atoms with Crippen LogP contribution in [-0.4, -0.2) is 11.0 Å². The van der Waals surface area contributed by atoms with E-state index in [1.165, 1.54) is 24.3 Å². The Labute approximate surface area is 131 Å². The van der Waals surface area contributed by atoms with Crippen LogP contribution in [0.4, 0.5) is 4.39 Å². The van der Waals surface area contributed by atoms with Gasteiger partial charge in [-0.25, -0.2) is 9.18 Å². The Morgan fingerprint density at radius 2 is 1.91 bits per heavy atom. The number of H-pyrrole nitrogens is 1. The van der Waals surface area contributed by atoms with Crippen LogP contribution in [0.1, 0.15) is 21.5 Å². The molecule has 0 aliphatic carbocycles. The molecule has 23 heavy (non-hydrogen) atoms. The van der Waals surface area contributed by atoms with Gasteiger partial charge in [0.25, 0.3) is 5.56 Å². The van der Waals surface area contributed by atoms with Crippen LogP contribution in [-0.2, 0) is 11.3 Å². The van der Waals surface area contributed by atoms with E-state index in [0.29, 0.717) is 5.56 Å². The summed E-state index contributed by atoms with van der Waals surface area (Å²) < 4.78 is 18.0. The first kappa shape index (κ1) is 15.0. The Balaban J connectivity index is 1.82. The Kier molecular flexibility index (Phi) is 3.93. The molecule has 5 heteroatoms. The fourth-order valence-electron chi connectivity index (χ4n) is 2.35. The molecule has 0 aliphatic heterocycles. The standard InChI is InChI=1S/C18H14FNO3/c1-11-3-2-4-13-9-14(17(21)20-16(11)13)10-23-18(22)12-5-7-15(19)8-6-12/h2-9H,10H2,1H3,(H,20,21). The van der Waals surface area contributed by atoms with Crippen molar-refractivity contribution in [2.45, 2.75) is 13.5 Å². The second-order valence-electron chi connectivity index (χ2n) is 5.25. The Bertz CT molecular complexity index is 929. The summed E-state index contributed by atoms with van der Waals surface area (Å²) >= 11 is 0. The van der Waals surface area contributed by atoms with Gasteiger partial charge in [-0.3, -0.25) is 4.79 Å². The van der Waals surface area contributed by atoms with Crippen molar-refractivity contribution in [1.82, 2.24) is 4.98 Å². The van der Waals surface area contributed by atoms with E-state index in [9.17, 15) is 14.0 Å². The maximum absolute atomic E-state index is 12.8. The van der Waals surface area contributed by atoms with E-state index in [2.05, 4.69) is 4.98 Å². The van der Waals surface area contributed by atoms with E-state index in [4.69, 9.17) is 4.74 Å². The first-order valence-corrected chi connectivity index (χ1v) is 7.09. The molecule has 0 unspecified atom stereocenters. The first-order chi connectivity index (χ1) is 11.0. The van der Waals surface area contributed by atoms with Gasteiger partial charge in [0, 0.05) is 0 Å². The van der Waals surface area contributed by atoms with E-state index in [-0.39, 0.29) is 17.7 Å². The molecule has 0 saturated carbocycles. The summed E-state index contributed by atoms with van der Waals surface area (Å²) in [7, 11) is 0. The highest BCUT2D eigenvalue weighted by molar-refractivity contribution is 5.89. The number of benzene rings is 2. The molecular formula is C18H14FNO3. The van der Waals surface area contributed by atoms with E-state index in [0.717, 1.165) is 16.5 Å². The van der Waals surface area contributed by atoms with Gasteiger partial charge >= 0.3 is 5.97 Å². The number of esters is 1. The summed E-state index contributed by atoms with van der Waals surface area (Å²) in [5, 5.41) is 0.873. The van der Waals surface area contributed by atoms with Gasteiger partial charge in [-0.1, -0.05) is 18.2 Å². The second kappa shape index (κ2) is 6.04.